The summed E-state index contributed by atoms with van der Waals surface area (Å²) in [7, 11) is 0. The van der Waals surface area contributed by atoms with Gasteiger partial charge in [0.25, 0.3) is 5.56 Å². The van der Waals surface area contributed by atoms with Crippen molar-refractivity contribution in [2.45, 2.75) is 25.4 Å². The molecule has 1 aromatic heterocycles. The van der Waals surface area contributed by atoms with Crippen molar-refractivity contribution >= 4 is 16.8 Å². The Kier molecular flexibility index (Phi) is 3.31. The maximum absolute atomic E-state index is 12.5. The molecule has 6 heteroatoms. The normalized spacial score (nSPS) is 18.8. The van der Waals surface area contributed by atoms with Crippen LogP contribution in [-0.2, 0) is 11.3 Å². The van der Waals surface area contributed by atoms with Crippen molar-refractivity contribution in [1.29, 1.82) is 0 Å². The Morgan fingerprint density at radius 1 is 1.43 bits per heavy atom. The van der Waals surface area contributed by atoms with Crippen LogP contribution < -0.4 is 16.6 Å². The zero-order chi connectivity index (χ0) is 15.0. The highest BCUT2D eigenvalue weighted by Crippen LogP contribution is 2.21. The molecule has 3 rings (SSSR count). The Morgan fingerprint density at radius 3 is 2.95 bits per heavy atom. The van der Waals surface area contributed by atoms with Crippen molar-refractivity contribution in [3.8, 4) is 0 Å². The highest BCUT2D eigenvalue weighted by Gasteiger charge is 2.26. The fourth-order valence-electron chi connectivity index (χ4n) is 2.56. The van der Waals surface area contributed by atoms with Gasteiger partial charge in [-0.1, -0.05) is 12.6 Å². The molecular formula is C15H16N4O2. The number of nitrogens with one attached hydrogen (secondary N) is 1. The summed E-state index contributed by atoms with van der Waals surface area (Å²) in [6, 6.07) is 4.78. The zero-order valence-corrected chi connectivity index (χ0v) is 11.5. The quantitative estimate of drug-likeness (QED) is 0.854. The SMILES string of the molecule is C=C1CCC(n2cnc3cc(CN)ccc3c2=O)C(=O)N1. The highest BCUT2D eigenvalue weighted by atomic mass is 16.2. The van der Waals surface area contributed by atoms with Crippen LogP contribution in [0.1, 0.15) is 24.4 Å². The number of nitrogens with zero attached hydrogens (tertiary/aromatic N) is 2. The van der Waals surface area contributed by atoms with E-state index in [0.29, 0.717) is 36.0 Å². The second kappa shape index (κ2) is 5.14. The molecule has 1 aliphatic rings. The van der Waals surface area contributed by atoms with E-state index in [9.17, 15) is 9.59 Å². The molecule has 6 nitrogen and oxygen atoms in total. The number of fused-ring (bicyclic) bond motifs is 1. The fourth-order valence-corrected chi connectivity index (χ4v) is 2.56. The number of rotatable bonds is 2. The molecule has 21 heavy (non-hydrogen) atoms. The van der Waals surface area contributed by atoms with E-state index in [1.54, 1.807) is 18.2 Å². The third-order valence-corrected chi connectivity index (χ3v) is 3.74. The van der Waals surface area contributed by atoms with E-state index in [1.165, 1.54) is 10.9 Å². The number of aromatic nitrogens is 2. The summed E-state index contributed by atoms with van der Waals surface area (Å²) in [5, 5.41) is 3.18. The predicted octanol–water partition coefficient (Wildman–Crippen LogP) is 0.820. The van der Waals surface area contributed by atoms with Gasteiger partial charge in [-0.2, -0.15) is 0 Å². The number of hydrogen-bond acceptors (Lipinski definition) is 4. The highest BCUT2D eigenvalue weighted by molar-refractivity contribution is 5.84. The summed E-state index contributed by atoms with van der Waals surface area (Å²) in [4.78, 5) is 28.8. The molecule has 0 aliphatic carbocycles. The smallest absolute Gasteiger partial charge is 0.261 e. The molecule has 0 saturated carbocycles. The van der Waals surface area contributed by atoms with E-state index >= 15 is 0 Å². The van der Waals surface area contributed by atoms with Crippen LogP contribution in [0.25, 0.3) is 10.9 Å². The molecule has 3 N–H and O–H groups in total. The van der Waals surface area contributed by atoms with Crippen molar-refractivity contribution in [1.82, 2.24) is 14.9 Å². The first-order valence-corrected chi connectivity index (χ1v) is 6.78. The molecule has 1 atom stereocenters. The lowest BCUT2D eigenvalue weighted by atomic mass is 10.0. The molecule has 0 spiro atoms. The Hall–Kier alpha value is -2.47. The van der Waals surface area contributed by atoms with Gasteiger partial charge >= 0.3 is 0 Å². The molecule has 1 unspecified atom stereocenters. The number of hydrogen-bond donors (Lipinski definition) is 2. The molecule has 1 amide bonds. The van der Waals surface area contributed by atoms with E-state index < -0.39 is 6.04 Å². The predicted molar refractivity (Wildman–Crippen MR) is 79.4 cm³/mol. The summed E-state index contributed by atoms with van der Waals surface area (Å²) >= 11 is 0. The van der Waals surface area contributed by atoms with E-state index in [0.717, 1.165) is 5.56 Å². The van der Waals surface area contributed by atoms with Gasteiger partial charge in [0.1, 0.15) is 6.04 Å². The first-order valence-electron chi connectivity index (χ1n) is 6.78. The molecule has 0 radical (unpaired) electrons. The molecule has 1 fully saturated rings. The Balaban J connectivity index is 2.08. The average Bonchev–Trinajstić information content (AvgIpc) is 2.48. The van der Waals surface area contributed by atoms with Crippen LogP contribution in [0, 0.1) is 0 Å². The van der Waals surface area contributed by atoms with Crippen molar-refractivity contribution in [2.24, 2.45) is 5.73 Å². The number of amides is 1. The van der Waals surface area contributed by atoms with Gasteiger partial charge in [-0.25, -0.2) is 4.98 Å². The van der Waals surface area contributed by atoms with Gasteiger partial charge in [0.05, 0.1) is 17.2 Å². The summed E-state index contributed by atoms with van der Waals surface area (Å²) < 4.78 is 1.40. The van der Waals surface area contributed by atoms with Gasteiger partial charge in [0.15, 0.2) is 0 Å². The van der Waals surface area contributed by atoms with Crippen LogP contribution in [-0.4, -0.2) is 15.5 Å². The van der Waals surface area contributed by atoms with Gasteiger partial charge in [-0.05, 0) is 30.5 Å². The monoisotopic (exact) mass is 284 g/mol. The standard InChI is InChI=1S/C15H16N4O2/c1-9-2-5-13(14(20)18-9)19-8-17-12-6-10(7-16)3-4-11(12)15(19)21/h3-4,6,8,13H,1-2,5,7,16H2,(H,18,20). The third kappa shape index (κ3) is 2.34. The van der Waals surface area contributed by atoms with Crippen LogP contribution in [0.5, 0.6) is 0 Å². The second-order valence-corrected chi connectivity index (χ2v) is 5.16. The Bertz CT molecular complexity index is 794. The molecule has 1 aromatic carbocycles. The minimum absolute atomic E-state index is 0.212. The molecule has 1 saturated heterocycles. The van der Waals surface area contributed by atoms with Gasteiger partial charge in [0, 0.05) is 12.2 Å². The van der Waals surface area contributed by atoms with Crippen molar-refractivity contribution in [3.63, 3.8) is 0 Å². The molecule has 1 aliphatic heterocycles. The zero-order valence-electron chi connectivity index (χ0n) is 11.5. The number of carbonyl (C=O) groups excluding carboxylic acids is 1. The van der Waals surface area contributed by atoms with Crippen molar-refractivity contribution in [2.75, 3.05) is 0 Å². The first-order chi connectivity index (χ1) is 10.1. The van der Waals surface area contributed by atoms with Crippen LogP contribution in [0.2, 0.25) is 0 Å². The van der Waals surface area contributed by atoms with Gasteiger partial charge in [-0.15, -0.1) is 0 Å². The van der Waals surface area contributed by atoms with E-state index in [1.807, 2.05) is 0 Å². The van der Waals surface area contributed by atoms with E-state index in [4.69, 9.17) is 5.73 Å². The second-order valence-electron chi connectivity index (χ2n) is 5.16. The van der Waals surface area contributed by atoms with Crippen LogP contribution in [0.3, 0.4) is 0 Å². The van der Waals surface area contributed by atoms with Gasteiger partial charge in [0.2, 0.25) is 5.91 Å². The van der Waals surface area contributed by atoms with Crippen LogP contribution in [0.15, 0.2) is 41.6 Å². The molecule has 2 heterocycles. The number of benzene rings is 1. The van der Waals surface area contributed by atoms with E-state index in [-0.39, 0.29) is 11.5 Å². The number of carbonyl (C=O) groups is 1. The minimum Gasteiger partial charge on any atom is -0.329 e. The molecule has 2 aromatic rings. The molecular weight excluding hydrogens is 268 g/mol. The largest absolute Gasteiger partial charge is 0.329 e. The fraction of sp³-hybridized carbons (Fsp3) is 0.267. The molecule has 0 bridgehead atoms. The number of nitrogens with two attached hydrogens (primary N) is 1. The number of allylic oxidation sites excluding steroid dienone is 1. The topological polar surface area (TPSA) is 90.0 Å². The Morgan fingerprint density at radius 2 is 2.24 bits per heavy atom. The lowest BCUT2D eigenvalue weighted by Gasteiger charge is -2.25. The van der Waals surface area contributed by atoms with Crippen LogP contribution in [0.4, 0.5) is 0 Å². The van der Waals surface area contributed by atoms with Gasteiger partial charge in [-0.3, -0.25) is 14.2 Å². The summed E-state index contributed by atoms with van der Waals surface area (Å²) in [6.45, 7) is 4.13. The summed E-state index contributed by atoms with van der Waals surface area (Å²) in [6.07, 6.45) is 2.65. The Labute approximate surface area is 121 Å². The maximum Gasteiger partial charge on any atom is 0.261 e. The molecule has 108 valence electrons. The summed E-state index contributed by atoms with van der Waals surface area (Å²) in [5.74, 6) is -0.215. The van der Waals surface area contributed by atoms with Gasteiger partial charge < -0.3 is 11.1 Å². The van der Waals surface area contributed by atoms with E-state index in [2.05, 4.69) is 16.9 Å². The van der Waals surface area contributed by atoms with Crippen molar-refractivity contribution in [3.05, 3.63) is 52.7 Å². The number of piperidine rings is 1. The first kappa shape index (κ1) is 13.5. The lowest BCUT2D eigenvalue weighted by Crippen LogP contribution is -2.40. The third-order valence-electron chi connectivity index (χ3n) is 3.74. The lowest BCUT2D eigenvalue weighted by molar-refractivity contribution is -0.124. The van der Waals surface area contributed by atoms with Crippen LogP contribution >= 0.6 is 0 Å². The maximum atomic E-state index is 12.5. The summed E-state index contributed by atoms with van der Waals surface area (Å²) in [5.41, 5.74) is 7.57. The minimum atomic E-state index is -0.533. The van der Waals surface area contributed by atoms with Crippen molar-refractivity contribution < 1.29 is 4.79 Å². The average molecular weight is 284 g/mol.